The molecule has 3 heterocycles. The summed E-state index contributed by atoms with van der Waals surface area (Å²) in [5, 5.41) is 0. The van der Waals surface area contributed by atoms with Crippen molar-refractivity contribution in [2.45, 2.75) is 51.1 Å². The number of rotatable bonds is 7. The molecule has 2 aliphatic rings. The van der Waals surface area contributed by atoms with Gasteiger partial charge in [-0.05, 0) is 20.8 Å². The molecule has 0 spiro atoms. The van der Waals surface area contributed by atoms with Gasteiger partial charge in [0.1, 0.15) is 18.3 Å². The van der Waals surface area contributed by atoms with E-state index in [1.807, 2.05) is 0 Å². The molecule has 150 valence electrons. The highest BCUT2D eigenvalue weighted by atomic mass is 31.2. The molecule has 2 aliphatic heterocycles. The lowest BCUT2D eigenvalue weighted by molar-refractivity contribution is -0.200. The Morgan fingerprint density at radius 1 is 1.33 bits per heavy atom. The Hall–Kier alpha value is -1.55. The van der Waals surface area contributed by atoms with Gasteiger partial charge in [-0.2, -0.15) is 0 Å². The van der Waals surface area contributed by atoms with Crippen molar-refractivity contribution in [3.05, 3.63) is 45.5 Å². The fourth-order valence-corrected chi connectivity index (χ4v) is 4.14. The summed E-state index contributed by atoms with van der Waals surface area (Å²) >= 11 is 0. The van der Waals surface area contributed by atoms with Gasteiger partial charge in [0.05, 0.1) is 13.2 Å². The largest absolute Gasteiger partial charge is 0.353 e. The molecule has 2 fully saturated rings. The molecule has 3 rings (SSSR count). The molecular weight excluding hydrogens is 379 g/mol. The van der Waals surface area contributed by atoms with E-state index in [0.717, 1.165) is 5.82 Å². The Kier molecular flexibility index (Phi) is 5.58. The summed E-state index contributed by atoms with van der Waals surface area (Å²) in [6, 6.07) is 1.21. The van der Waals surface area contributed by atoms with Crippen LogP contribution in [-0.2, 0) is 27.8 Å². The van der Waals surface area contributed by atoms with Gasteiger partial charge in [-0.3, -0.25) is 18.9 Å². The molecule has 1 N–H and O–H groups in total. The van der Waals surface area contributed by atoms with Gasteiger partial charge in [-0.15, -0.1) is 0 Å². The lowest BCUT2D eigenvalue weighted by Crippen LogP contribution is -2.37. The molecule has 11 heteroatoms. The van der Waals surface area contributed by atoms with Crippen molar-refractivity contribution in [3.63, 3.8) is 0 Å². The zero-order valence-electron chi connectivity index (χ0n) is 15.3. The molecule has 1 aromatic rings. The quantitative estimate of drug-likeness (QED) is 0.679. The summed E-state index contributed by atoms with van der Waals surface area (Å²) in [6.07, 6.45) is -1.37. The van der Waals surface area contributed by atoms with E-state index in [4.69, 9.17) is 23.3 Å². The smallest absolute Gasteiger partial charge is 0.346 e. The van der Waals surface area contributed by atoms with Crippen molar-refractivity contribution in [3.8, 4) is 0 Å². The van der Waals surface area contributed by atoms with Crippen LogP contribution in [0.15, 0.2) is 34.2 Å². The third-order valence-electron chi connectivity index (χ3n) is 4.20. The summed E-state index contributed by atoms with van der Waals surface area (Å²) in [7, 11) is -3.46. The summed E-state index contributed by atoms with van der Waals surface area (Å²) in [5.41, 5.74) is -1.15. The Morgan fingerprint density at radius 3 is 2.67 bits per heavy atom. The lowest BCUT2D eigenvalue weighted by Gasteiger charge is -2.25. The number of aromatic nitrogens is 2. The van der Waals surface area contributed by atoms with Crippen LogP contribution in [0.25, 0.3) is 0 Å². The number of ether oxygens (including phenoxy) is 3. The highest BCUT2D eigenvalue weighted by molar-refractivity contribution is 7.57. The van der Waals surface area contributed by atoms with E-state index in [1.165, 1.54) is 16.8 Å². The number of hydrogen-bond acceptors (Lipinski definition) is 8. The van der Waals surface area contributed by atoms with Gasteiger partial charge < -0.3 is 23.3 Å². The first-order valence-electron chi connectivity index (χ1n) is 8.53. The highest BCUT2D eigenvalue weighted by Crippen LogP contribution is 2.50. The standard InChI is InChI=1S/C16H23N2O8P/c1-5-22-27(21,6-2)23-9-10-12-13(26-16(3,4)25-12)14(24-10)18-8-7-11(19)17-15(18)20/h6-8,10,12-14H,2,5,9H2,1,3-4H3,(H,17,19,20)/t10-,12-,13-,14-,27?/m1/s1. The first kappa shape index (κ1) is 20.2. The Balaban J connectivity index is 1.84. The fraction of sp³-hybridized carbons (Fsp3) is 0.625. The third kappa shape index (κ3) is 4.16. The van der Waals surface area contributed by atoms with E-state index in [2.05, 4.69) is 11.6 Å². The van der Waals surface area contributed by atoms with Crippen LogP contribution in [0.3, 0.4) is 0 Å². The zero-order chi connectivity index (χ0) is 19.8. The van der Waals surface area contributed by atoms with E-state index in [0.29, 0.717) is 0 Å². The maximum Gasteiger partial charge on any atom is 0.353 e. The van der Waals surface area contributed by atoms with Gasteiger partial charge in [-0.25, -0.2) is 4.79 Å². The van der Waals surface area contributed by atoms with Crippen molar-refractivity contribution in [2.75, 3.05) is 13.2 Å². The average molecular weight is 402 g/mol. The third-order valence-corrected chi connectivity index (χ3v) is 5.78. The highest BCUT2D eigenvalue weighted by Gasteiger charge is 2.56. The predicted octanol–water partition coefficient (Wildman–Crippen LogP) is 1.34. The molecule has 0 radical (unpaired) electrons. The van der Waals surface area contributed by atoms with Crippen LogP contribution >= 0.6 is 7.60 Å². The van der Waals surface area contributed by atoms with Gasteiger partial charge in [0.2, 0.25) is 0 Å². The summed E-state index contributed by atoms with van der Waals surface area (Å²) < 4.78 is 41.9. The minimum absolute atomic E-state index is 0.113. The zero-order valence-corrected chi connectivity index (χ0v) is 16.2. The summed E-state index contributed by atoms with van der Waals surface area (Å²) in [4.78, 5) is 25.7. The Bertz CT molecular complexity index is 862. The van der Waals surface area contributed by atoms with Gasteiger partial charge in [-0.1, -0.05) is 6.58 Å². The lowest BCUT2D eigenvalue weighted by atomic mass is 10.1. The van der Waals surface area contributed by atoms with Gasteiger partial charge in [0.25, 0.3) is 5.56 Å². The Labute approximate surface area is 155 Å². The number of nitrogens with one attached hydrogen (secondary N) is 1. The number of fused-ring (bicyclic) bond motifs is 1. The van der Waals surface area contributed by atoms with Crippen LogP contribution < -0.4 is 11.2 Å². The first-order valence-corrected chi connectivity index (χ1v) is 10.1. The molecule has 0 bridgehead atoms. The molecule has 0 aliphatic carbocycles. The number of nitrogens with zero attached hydrogens (tertiary/aromatic N) is 1. The molecule has 10 nitrogen and oxygen atoms in total. The van der Waals surface area contributed by atoms with E-state index in [9.17, 15) is 14.2 Å². The van der Waals surface area contributed by atoms with Gasteiger partial charge in [0, 0.05) is 18.1 Å². The maximum absolute atomic E-state index is 12.4. The van der Waals surface area contributed by atoms with Crippen molar-refractivity contribution < 1.29 is 27.8 Å². The average Bonchev–Trinajstić information content (AvgIpc) is 3.07. The van der Waals surface area contributed by atoms with Crippen molar-refractivity contribution in [1.29, 1.82) is 0 Å². The van der Waals surface area contributed by atoms with Crippen molar-refractivity contribution >= 4 is 7.60 Å². The molecule has 0 amide bonds. The summed E-state index contributed by atoms with van der Waals surface area (Å²) in [5.74, 6) is 0.228. The van der Waals surface area contributed by atoms with E-state index >= 15 is 0 Å². The van der Waals surface area contributed by atoms with Crippen LogP contribution in [0.2, 0.25) is 0 Å². The molecular formula is C16H23N2O8P. The van der Waals surface area contributed by atoms with Crippen LogP contribution in [0, 0.1) is 0 Å². The second-order valence-electron chi connectivity index (χ2n) is 6.58. The molecule has 1 unspecified atom stereocenters. The van der Waals surface area contributed by atoms with Gasteiger partial charge >= 0.3 is 13.3 Å². The fourth-order valence-electron chi connectivity index (χ4n) is 3.14. The molecule has 2 saturated heterocycles. The number of H-pyrrole nitrogens is 1. The van der Waals surface area contributed by atoms with Crippen LogP contribution in [0.1, 0.15) is 27.0 Å². The minimum Gasteiger partial charge on any atom is -0.346 e. The monoisotopic (exact) mass is 402 g/mol. The minimum atomic E-state index is -3.46. The maximum atomic E-state index is 12.4. The van der Waals surface area contributed by atoms with E-state index in [-0.39, 0.29) is 13.2 Å². The van der Waals surface area contributed by atoms with Gasteiger partial charge in [0.15, 0.2) is 12.0 Å². The topological polar surface area (TPSA) is 118 Å². The van der Waals surface area contributed by atoms with Crippen LogP contribution in [-0.4, -0.2) is 46.9 Å². The number of aromatic amines is 1. The van der Waals surface area contributed by atoms with E-state index in [1.54, 1.807) is 20.8 Å². The second-order valence-corrected chi connectivity index (χ2v) is 8.54. The second kappa shape index (κ2) is 7.46. The Morgan fingerprint density at radius 2 is 2.04 bits per heavy atom. The molecule has 5 atom stereocenters. The molecule has 1 aromatic heterocycles. The van der Waals surface area contributed by atoms with Crippen LogP contribution in [0.4, 0.5) is 0 Å². The molecule has 27 heavy (non-hydrogen) atoms. The SMILES string of the molecule is C=CP(=O)(OCC)OC[C@H]1O[C@@H](n2ccc(=O)[nH]c2=O)[C@@H]2OC(C)(C)O[C@@H]21. The normalized spacial score (nSPS) is 31.4. The first-order chi connectivity index (χ1) is 12.7. The summed E-state index contributed by atoms with van der Waals surface area (Å²) in [6.45, 7) is 8.74. The predicted molar refractivity (Wildman–Crippen MR) is 94.4 cm³/mol. The molecule has 0 saturated carbocycles. The number of hydrogen-bond donors (Lipinski definition) is 1. The van der Waals surface area contributed by atoms with Crippen molar-refractivity contribution in [1.82, 2.24) is 9.55 Å². The molecule has 0 aromatic carbocycles. The van der Waals surface area contributed by atoms with Crippen molar-refractivity contribution in [2.24, 2.45) is 0 Å². The van der Waals surface area contributed by atoms with Crippen LogP contribution in [0.5, 0.6) is 0 Å². The van der Waals surface area contributed by atoms with E-state index < -0.39 is 49.2 Å².